The minimum absolute atomic E-state index is 0.389. The van der Waals surface area contributed by atoms with Crippen molar-refractivity contribution < 1.29 is 14.3 Å². The Morgan fingerprint density at radius 2 is 2.18 bits per heavy atom. The van der Waals surface area contributed by atoms with Gasteiger partial charge in [0, 0.05) is 9.86 Å². The van der Waals surface area contributed by atoms with E-state index in [1.165, 1.54) is 0 Å². The monoisotopic (exact) mass is 297 g/mol. The Labute approximate surface area is 107 Å². The molecule has 0 aliphatic carbocycles. The van der Waals surface area contributed by atoms with Gasteiger partial charge in [0.05, 0.1) is 0 Å². The second-order valence-corrected chi connectivity index (χ2v) is 4.89. The molecule has 0 amide bonds. The van der Waals surface area contributed by atoms with E-state index in [1.54, 1.807) is 26.1 Å². The highest BCUT2D eigenvalue weighted by Gasteiger charge is 2.37. The number of carbonyl (C=O) groups is 1. The first-order valence-corrected chi connectivity index (χ1v) is 5.88. The predicted octanol–water partition coefficient (Wildman–Crippen LogP) is 2.71. The summed E-state index contributed by atoms with van der Waals surface area (Å²) in [5, 5.41) is 12.9. The van der Waals surface area contributed by atoms with Crippen molar-refractivity contribution in [2.24, 2.45) is 0 Å². The molecular weight excluding hydrogens is 286 g/mol. The minimum Gasteiger partial charge on any atom is -0.480 e. The van der Waals surface area contributed by atoms with Crippen molar-refractivity contribution in [3.63, 3.8) is 0 Å². The average molecular weight is 298 g/mol. The van der Waals surface area contributed by atoms with Gasteiger partial charge in [-0.25, -0.2) is 4.79 Å². The maximum atomic E-state index is 11.3. The van der Waals surface area contributed by atoms with Crippen LogP contribution in [0.3, 0.4) is 0 Å². The predicted molar refractivity (Wildman–Crippen MR) is 68.0 cm³/mol. The van der Waals surface area contributed by atoms with Crippen LogP contribution in [-0.2, 0) is 10.3 Å². The molecule has 0 spiro atoms. The number of halogens is 1. The zero-order valence-corrected chi connectivity index (χ0v) is 11.0. The van der Waals surface area contributed by atoms with Gasteiger partial charge in [-0.1, -0.05) is 15.9 Å². The van der Waals surface area contributed by atoms with Crippen molar-refractivity contribution in [2.75, 3.05) is 7.05 Å². The first-order valence-electron chi connectivity index (χ1n) is 5.09. The summed E-state index contributed by atoms with van der Waals surface area (Å²) in [6.07, 6.45) is 0. The lowest BCUT2D eigenvalue weighted by molar-refractivity contribution is -0.145. The summed E-state index contributed by atoms with van der Waals surface area (Å²) in [6, 6.07) is 7.29. The molecule has 90 valence electrons. The van der Waals surface area contributed by atoms with E-state index in [0.29, 0.717) is 11.3 Å². The number of aliphatic carboxylic acids is 1. The molecule has 1 unspecified atom stereocenters. The van der Waals surface area contributed by atoms with Crippen molar-refractivity contribution in [3.05, 3.63) is 34.5 Å². The Morgan fingerprint density at radius 3 is 2.76 bits per heavy atom. The molecular formula is C12H12BrNO3. The highest BCUT2D eigenvalue weighted by Crippen LogP contribution is 2.29. The molecule has 0 aliphatic heterocycles. The zero-order chi connectivity index (χ0) is 12.6. The van der Waals surface area contributed by atoms with Crippen molar-refractivity contribution >= 4 is 32.9 Å². The lowest BCUT2D eigenvalue weighted by atomic mass is 9.99. The van der Waals surface area contributed by atoms with E-state index in [-0.39, 0.29) is 0 Å². The summed E-state index contributed by atoms with van der Waals surface area (Å²) in [6.45, 7) is 1.57. The molecule has 2 aromatic rings. The number of nitrogens with one attached hydrogen (secondary N) is 1. The number of likely N-dealkylation sites (N-methyl/N-ethyl adjacent to an activating group) is 1. The van der Waals surface area contributed by atoms with Crippen LogP contribution in [0.25, 0.3) is 11.0 Å². The van der Waals surface area contributed by atoms with Gasteiger partial charge in [-0.05, 0) is 38.2 Å². The number of hydrogen-bond acceptors (Lipinski definition) is 3. The van der Waals surface area contributed by atoms with Gasteiger partial charge in [0.2, 0.25) is 0 Å². The van der Waals surface area contributed by atoms with E-state index < -0.39 is 11.5 Å². The van der Waals surface area contributed by atoms with Crippen LogP contribution in [0, 0.1) is 0 Å². The molecule has 0 saturated heterocycles. The van der Waals surface area contributed by atoms with Crippen LogP contribution in [0.2, 0.25) is 0 Å². The van der Waals surface area contributed by atoms with E-state index in [1.807, 2.05) is 12.1 Å². The summed E-state index contributed by atoms with van der Waals surface area (Å²) in [4.78, 5) is 11.3. The van der Waals surface area contributed by atoms with Crippen molar-refractivity contribution in [3.8, 4) is 0 Å². The molecule has 17 heavy (non-hydrogen) atoms. The smallest absolute Gasteiger partial charge is 0.331 e. The fourth-order valence-electron chi connectivity index (χ4n) is 1.60. The second-order valence-electron chi connectivity index (χ2n) is 3.97. The third-order valence-electron chi connectivity index (χ3n) is 2.90. The molecule has 0 aliphatic rings. The van der Waals surface area contributed by atoms with E-state index >= 15 is 0 Å². The number of carboxylic acid groups (broad SMARTS) is 1. The third kappa shape index (κ3) is 1.96. The summed E-state index contributed by atoms with van der Waals surface area (Å²) < 4.78 is 6.51. The fourth-order valence-corrected chi connectivity index (χ4v) is 1.97. The third-order valence-corrected chi connectivity index (χ3v) is 3.39. The van der Waals surface area contributed by atoms with Crippen LogP contribution < -0.4 is 5.32 Å². The van der Waals surface area contributed by atoms with Gasteiger partial charge < -0.3 is 9.52 Å². The molecule has 1 atom stereocenters. The Balaban J connectivity index is 2.59. The normalized spacial score (nSPS) is 14.8. The van der Waals surface area contributed by atoms with Crippen LogP contribution in [0.4, 0.5) is 0 Å². The first-order chi connectivity index (χ1) is 7.97. The van der Waals surface area contributed by atoms with Gasteiger partial charge >= 0.3 is 5.97 Å². The maximum Gasteiger partial charge on any atom is 0.331 e. The number of hydrogen-bond donors (Lipinski definition) is 2. The quantitative estimate of drug-likeness (QED) is 0.914. The number of rotatable bonds is 3. The van der Waals surface area contributed by atoms with Crippen molar-refractivity contribution in [1.82, 2.24) is 5.32 Å². The van der Waals surface area contributed by atoms with E-state index in [2.05, 4.69) is 21.2 Å². The summed E-state index contributed by atoms with van der Waals surface area (Å²) >= 11 is 3.36. The molecule has 2 N–H and O–H groups in total. The van der Waals surface area contributed by atoms with Gasteiger partial charge in [0.25, 0.3) is 0 Å². The van der Waals surface area contributed by atoms with E-state index in [4.69, 9.17) is 4.42 Å². The van der Waals surface area contributed by atoms with Crippen LogP contribution in [0.15, 0.2) is 33.2 Å². The minimum atomic E-state index is -1.22. The molecule has 0 bridgehead atoms. The standard InChI is InChI=1S/C12H12BrNO3/c1-12(14-2,11(15)16)10-6-7-5-8(13)3-4-9(7)17-10/h3-6,14H,1-2H3,(H,15,16). The fraction of sp³-hybridized carbons (Fsp3) is 0.250. The first kappa shape index (κ1) is 12.1. The van der Waals surface area contributed by atoms with Crippen LogP contribution in [-0.4, -0.2) is 18.1 Å². The molecule has 1 aromatic heterocycles. The molecule has 2 rings (SSSR count). The van der Waals surface area contributed by atoms with Gasteiger partial charge in [-0.3, -0.25) is 5.32 Å². The number of benzene rings is 1. The van der Waals surface area contributed by atoms with Gasteiger partial charge in [-0.15, -0.1) is 0 Å². The number of carboxylic acids is 1. The van der Waals surface area contributed by atoms with E-state index in [9.17, 15) is 9.90 Å². The molecule has 0 radical (unpaired) electrons. The number of furan rings is 1. The Kier molecular flexibility index (Phi) is 2.97. The summed E-state index contributed by atoms with van der Waals surface area (Å²) in [7, 11) is 1.59. The SMILES string of the molecule is CNC(C)(C(=O)O)c1cc2cc(Br)ccc2o1. The molecule has 1 heterocycles. The van der Waals surface area contributed by atoms with Crippen LogP contribution in [0.5, 0.6) is 0 Å². The second kappa shape index (κ2) is 4.16. The van der Waals surface area contributed by atoms with Crippen LogP contribution in [0.1, 0.15) is 12.7 Å². The van der Waals surface area contributed by atoms with Gasteiger partial charge in [-0.2, -0.15) is 0 Å². The molecule has 4 nitrogen and oxygen atoms in total. The highest BCUT2D eigenvalue weighted by molar-refractivity contribution is 9.10. The summed E-state index contributed by atoms with van der Waals surface area (Å²) in [5.41, 5.74) is -0.545. The van der Waals surface area contributed by atoms with Gasteiger partial charge in [0.15, 0.2) is 5.54 Å². The van der Waals surface area contributed by atoms with Gasteiger partial charge in [0.1, 0.15) is 11.3 Å². The van der Waals surface area contributed by atoms with E-state index in [0.717, 1.165) is 9.86 Å². The highest BCUT2D eigenvalue weighted by atomic mass is 79.9. The van der Waals surface area contributed by atoms with Crippen molar-refractivity contribution in [2.45, 2.75) is 12.5 Å². The molecule has 5 heteroatoms. The molecule has 0 saturated carbocycles. The van der Waals surface area contributed by atoms with Crippen molar-refractivity contribution in [1.29, 1.82) is 0 Å². The largest absolute Gasteiger partial charge is 0.480 e. The Morgan fingerprint density at radius 1 is 1.47 bits per heavy atom. The molecule has 1 aromatic carbocycles. The van der Waals surface area contributed by atoms with Crippen LogP contribution >= 0.6 is 15.9 Å². The Hall–Kier alpha value is -1.33. The maximum absolute atomic E-state index is 11.3. The average Bonchev–Trinajstić information content (AvgIpc) is 2.70. The summed E-state index contributed by atoms with van der Waals surface area (Å²) in [5.74, 6) is -0.585. The zero-order valence-electron chi connectivity index (χ0n) is 9.45. The molecule has 0 fully saturated rings. The topological polar surface area (TPSA) is 62.5 Å². The lowest BCUT2D eigenvalue weighted by Gasteiger charge is -2.20. The number of fused-ring (bicyclic) bond motifs is 1. The lowest BCUT2D eigenvalue weighted by Crippen LogP contribution is -2.44. The Bertz CT molecular complexity index is 578.